The minimum absolute atomic E-state index is 0.0907. The predicted molar refractivity (Wildman–Crippen MR) is 103 cm³/mol. The third kappa shape index (κ3) is 2.93. The molecular formula is C21H17NO4S. The second-order valence-electron chi connectivity index (χ2n) is 6.47. The minimum Gasteiger partial charge on any atom is -0.507 e. The van der Waals surface area contributed by atoms with Crippen molar-refractivity contribution in [1.82, 2.24) is 0 Å². The standard InChI is InChI=1S/C21H17NO4S/c23-18-10-4-1-7-15(18)19(24)12-21(26)16-8-2-3-9-17(16)22(20(21)25)13-14-6-5-11-27-14/h1-11,23,26H,12-13H2/t21-/m1/s1. The molecule has 0 unspecified atom stereocenters. The highest BCUT2D eigenvalue weighted by molar-refractivity contribution is 7.09. The summed E-state index contributed by atoms with van der Waals surface area (Å²) in [7, 11) is 0. The van der Waals surface area contributed by atoms with Crippen LogP contribution in [0.4, 0.5) is 5.69 Å². The molecule has 0 bridgehead atoms. The van der Waals surface area contributed by atoms with Crippen molar-refractivity contribution in [2.45, 2.75) is 18.6 Å². The number of hydrogen-bond acceptors (Lipinski definition) is 5. The summed E-state index contributed by atoms with van der Waals surface area (Å²) in [6.45, 7) is 0.334. The lowest BCUT2D eigenvalue weighted by molar-refractivity contribution is -0.136. The first-order chi connectivity index (χ1) is 13.0. The highest BCUT2D eigenvalue weighted by Crippen LogP contribution is 2.44. The van der Waals surface area contributed by atoms with E-state index in [1.54, 1.807) is 36.4 Å². The topological polar surface area (TPSA) is 77.8 Å². The Morgan fingerprint density at radius 3 is 2.52 bits per heavy atom. The summed E-state index contributed by atoms with van der Waals surface area (Å²) in [5.74, 6) is -1.18. The number of para-hydroxylation sites is 2. The molecule has 5 nitrogen and oxygen atoms in total. The van der Waals surface area contributed by atoms with Gasteiger partial charge in [-0.1, -0.05) is 36.4 Å². The number of ketones is 1. The van der Waals surface area contributed by atoms with Crippen LogP contribution in [0.15, 0.2) is 66.0 Å². The summed E-state index contributed by atoms with van der Waals surface area (Å²) in [5.41, 5.74) is -0.848. The average molecular weight is 379 g/mol. The summed E-state index contributed by atoms with van der Waals surface area (Å²) in [4.78, 5) is 28.3. The number of hydrogen-bond donors (Lipinski definition) is 2. The van der Waals surface area contributed by atoms with E-state index in [1.165, 1.54) is 28.4 Å². The van der Waals surface area contributed by atoms with Gasteiger partial charge in [0, 0.05) is 10.4 Å². The largest absolute Gasteiger partial charge is 0.507 e. The number of rotatable bonds is 5. The first kappa shape index (κ1) is 17.5. The summed E-state index contributed by atoms with van der Waals surface area (Å²) < 4.78 is 0. The zero-order valence-corrected chi connectivity index (χ0v) is 15.1. The number of carbonyl (C=O) groups excluding carboxylic acids is 2. The summed E-state index contributed by atoms with van der Waals surface area (Å²) in [5, 5.41) is 23.1. The Balaban J connectivity index is 1.70. The van der Waals surface area contributed by atoms with Crippen LogP contribution in [0.1, 0.15) is 27.2 Å². The first-order valence-electron chi connectivity index (χ1n) is 8.48. The van der Waals surface area contributed by atoms with Crippen molar-refractivity contribution in [2.24, 2.45) is 0 Å². The third-order valence-corrected chi connectivity index (χ3v) is 5.62. The maximum absolute atomic E-state index is 13.1. The van der Waals surface area contributed by atoms with Gasteiger partial charge < -0.3 is 15.1 Å². The van der Waals surface area contributed by atoms with Crippen molar-refractivity contribution in [3.05, 3.63) is 82.0 Å². The summed E-state index contributed by atoms with van der Waals surface area (Å²) >= 11 is 1.52. The Hall–Kier alpha value is -2.96. The van der Waals surface area contributed by atoms with Crippen molar-refractivity contribution < 1.29 is 19.8 Å². The van der Waals surface area contributed by atoms with Gasteiger partial charge in [-0.25, -0.2) is 0 Å². The molecule has 3 aromatic rings. The SMILES string of the molecule is O=C(C[C@]1(O)C(=O)N(Cc2cccs2)c2ccccc21)c1ccccc1O. The Labute approximate surface area is 160 Å². The molecule has 1 amide bonds. The van der Waals surface area contributed by atoms with Crippen molar-refractivity contribution >= 4 is 28.7 Å². The average Bonchev–Trinajstić information content (AvgIpc) is 3.25. The number of anilines is 1. The van der Waals surface area contributed by atoms with E-state index in [0.29, 0.717) is 17.8 Å². The molecule has 0 saturated heterocycles. The molecule has 136 valence electrons. The number of aromatic hydroxyl groups is 1. The summed E-state index contributed by atoms with van der Waals surface area (Å²) in [6, 6.07) is 16.9. The van der Waals surface area contributed by atoms with Crippen LogP contribution in [-0.4, -0.2) is 21.9 Å². The number of Topliss-reactive ketones (excluding diaryl/α,β-unsaturated/α-hetero) is 1. The molecule has 0 spiro atoms. The minimum atomic E-state index is -1.95. The van der Waals surface area contributed by atoms with Crippen molar-refractivity contribution in [2.75, 3.05) is 4.90 Å². The fourth-order valence-corrected chi connectivity index (χ4v) is 4.12. The predicted octanol–water partition coefficient (Wildman–Crippen LogP) is 3.46. The molecule has 0 radical (unpaired) electrons. The molecular weight excluding hydrogens is 362 g/mol. The smallest absolute Gasteiger partial charge is 0.264 e. The molecule has 6 heteroatoms. The van der Waals surface area contributed by atoms with E-state index in [-0.39, 0.29) is 11.3 Å². The lowest BCUT2D eigenvalue weighted by Gasteiger charge is -2.22. The molecule has 0 saturated carbocycles. The molecule has 1 aromatic heterocycles. The van der Waals surface area contributed by atoms with E-state index < -0.39 is 23.7 Å². The van der Waals surface area contributed by atoms with Gasteiger partial charge in [-0.05, 0) is 29.6 Å². The zero-order chi connectivity index (χ0) is 19.0. The Bertz CT molecular complexity index is 1010. The number of carbonyl (C=O) groups is 2. The van der Waals surface area contributed by atoms with Crippen LogP contribution < -0.4 is 4.90 Å². The highest BCUT2D eigenvalue weighted by atomic mass is 32.1. The van der Waals surface area contributed by atoms with E-state index in [0.717, 1.165) is 4.88 Å². The lowest BCUT2D eigenvalue weighted by atomic mass is 9.88. The van der Waals surface area contributed by atoms with Gasteiger partial charge in [-0.2, -0.15) is 0 Å². The van der Waals surface area contributed by atoms with E-state index >= 15 is 0 Å². The van der Waals surface area contributed by atoms with Gasteiger partial charge in [-0.15, -0.1) is 11.3 Å². The molecule has 2 heterocycles. The maximum Gasteiger partial charge on any atom is 0.264 e. The number of thiophene rings is 1. The molecule has 1 atom stereocenters. The van der Waals surface area contributed by atoms with Gasteiger partial charge in [0.1, 0.15) is 5.75 Å². The Morgan fingerprint density at radius 1 is 1.04 bits per heavy atom. The third-order valence-electron chi connectivity index (χ3n) is 4.75. The van der Waals surface area contributed by atoms with Crippen molar-refractivity contribution in [3.63, 3.8) is 0 Å². The molecule has 2 N–H and O–H groups in total. The van der Waals surface area contributed by atoms with E-state index in [2.05, 4.69) is 0 Å². The summed E-state index contributed by atoms with van der Waals surface area (Å²) in [6.07, 6.45) is -0.429. The van der Waals surface area contributed by atoms with Gasteiger partial charge in [0.25, 0.3) is 5.91 Å². The second kappa shape index (κ2) is 6.64. The number of nitrogens with zero attached hydrogens (tertiary/aromatic N) is 1. The fraction of sp³-hybridized carbons (Fsp3) is 0.143. The van der Waals surface area contributed by atoms with Crippen molar-refractivity contribution in [3.8, 4) is 5.75 Å². The van der Waals surface area contributed by atoms with Gasteiger partial charge in [-0.3, -0.25) is 9.59 Å². The van der Waals surface area contributed by atoms with Crippen LogP contribution in [0.2, 0.25) is 0 Å². The van der Waals surface area contributed by atoms with Crippen LogP contribution in [0.5, 0.6) is 5.75 Å². The number of phenolic OH excluding ortho intramolecular Hbond substituents is 1. The van der Waals surface area contributed by atoms with Crippen molar-refractivity contribution in [1.29, 1.82) is 0 Å². The Morgan fingerprint density at radius 2 is 1.78 bits per heavy atom. The Kier molecular flexibility index (Phi) is 4.30. The van der Waals surface area contributed by atoms with Crippen LogP contribution in [0.3, 0.4) is 0 Å². The van der Waals surface area contributed by atoms with Gasteiger partial charge in [0.05, 0.1) is 24.2 Å². The first-order valence-corrected chi connectivity index (χ1v) is 9.36. The van der Waals surface area contributed by atoms with E-state index in [4.69, 9.17) is 0 Å². The quantitative estimate of drug-likeness (QED) is 0.666. The number of benzene rings is 2. The second-order valence-corrected chi connectivity index (χ2v) is 7.50. The van der Waals surface area contributed by atoms with E-state index in [9.17, 15) is 19.8 Å². The maximum atomic E-state index is 13.1. The molecule has 27 heavy (non-hydrogen) atoms. The normalized spacial score (nSPS) is 18.6. The van der Waals surface area contributed by atoms with E-state index in [1.807, 2.05) is 17.5 Å². The monoisotopic (exact) mass is 379 g/mol. The molecule has 4 rings (SSSR count). The number of aliphatic hydroxyl groups is 1. The molecule has 2 aromatic carbocycles. The number of fused-ring (bicyclic) bond motifs is 1. The van der Waals surface area contributed by atoms with Crippen LogP contribution >= 0.6 is 11.3 Å². The molecule has 1 aliphatic rings. The van der Waals surface area contributed by atoms with Gasteiger partial charge >= 0.3 is 0 Å². The number of amides is 1. The fourth-order valence-electron chi connectivity index (χ4n) is 3.43. The van der Waals surface area contributed by atoms with Crippen LogP contribution in [0.25, 0.3) is 0 Å². The van der Waals surface area contributed by atoms with Gasteiger partial charge in [0.2, 0.25) is 0 Å². The molecule has 1 aliphatic heterocycles. The number of phenols is 1. The van der Waals surface area contributed by atoms with Crippen LogP contribution in [0, 0.1) is 0 Å². The zero-order valence-electron chi connectivity index (χ0n) is 14.3. The van der Waals surface area contributed by atoms with Crippen LogP contribution in [-0.2, 0) is 16.9 Å². The molecule has 0 aliphatic carbocycles. The highest BCUT2D eigenvalue weighted by Gasteiger charge is 2.50. The molecule has 0 fully saturated rings. The lowest BCUT2D eigenvalue weighted by Crippen LogP contribution is -2.41. The van der Waals surface area contributed by atoms with Gasteiger partial charge in [0.15, 0.2) is 11.4 Å².